The summed E-state index contributed by atoms with van der Waals surface area (Å²) in [5.74, 6) is -1.26. The number of alkyl carbamates (subject to hydrolysis) is 1. The quantitative estimate of drug-likeness (QED) is 0.922. The second-order valence-electron chi connectivity index (χ2n) is 5.33. The SMILES string of the molecule is CC(C)(C)OC(=O)N[C@@H](CC(=O)[O-])c1ccc(Cl)cc1. The summed E-state index contributed by atoms with van der Waals surface area (Å²) in [6, 6.07) is 5.80. The number of halogens is 1. The molecule has 0 bridgehead atoms. The van der Waals surface area contributed by atoms with Gasteiger partial charge in [0.1, 0.15) is 5.60 Å². The predicted octanol–water partition coefficient (Wildman–Crippen LogP) is 2.05. The van der Waals surface area contributed by atoms with Gasteiger partial charge in [-0.3, -0.25) is 0 Å². The van der Waals surface area contributed by atoms with E-state index in [9.17, 15) is 14.7 Å². The number of amides is 1. The smallest absolute Gasteiger partial charge is 0.408 e. The second kappa shape index (κ2) is 6.61. The molecule has 0 saturated heterocycles. The maximum absolute atomic E-state index is 11.7. The van der Waals surface area contributed by atoms with Crippen molar-refractivity contribution in [3.8, 4) is 0 Å². The number of hydrogen-bond acceptors (Lipinski definition) is 4. The first-order chi connectivity index (χ1) is 9.17. The minimum absolute atomic E-state index is 0.346. The molecule has 1 N–H and O–H groups in total. The van der Waals surface area contributed by atoms with Crippen LogP contribution in [-0.2, 0) is 9.53 Å². The fraction of sp³-hybridized carbons (Fsp3) is 0.429. The molecule has 0 aromatic heterocycles. The van der Waals surface area contributed by atoms with Crippen molar-refractivity contribution in [2.45, 2.75) is 38.8 Å². The number of ether oxygens (including phenoxy) is 1. The summed E-state index contributed by atoms with van der Waals surface area (Å²) in [5, 5.41) is 13.8. The van der Waals surface area contributed by atoms with Gasteiger partial charge in [0, 0.05) is 17.4 Å². The lowest BCUT2D eigenvalue weighted by Gasteiger charge is -2.24. The Hall–Kier alpha value is -1.75. The molecule has 0 saturated carbocycles. The van der Waals surface area contributed by atoms with Gasteiger partial charge in [-0.25, -0.2) is 4.79 Å². The van der Waals surface area contributed by atoms with Crippen LogP contribution in [0.15, 0.2) is 24.3 Å². The molecule has 1 amide bonds. The third kappa shape index (κ3) is 5.93. The van der Waals surface area contributed by atoms with Gasteiger partial charge in [0.15, 0.2) is 0 Å². The Morgan fingerprint density at radius 2 is 1.85 bits per heavy atom. The van der Waals surface area contributed by atoms with Gasteiger partial charge in [-0.2, -0.15) is 0 Å². The maximum Gasteiger partial charge on any atom is 0.408 e. The molecular weight excluding hydrogens is 282 g/mol. The topological polar surface area (TPSA) is 78.5 Å². The molecule has 20 heavy (non-hydrogen) atoms. The lowest BCUT2D eigenvalue weighted by Crippen LogP contribution is -2.37. The number of carboxylic acid groups (broad SMARTS) is 1. The zero-order valence-electron chi connectivity index (χ0n) is 11.6. The minimum atomic E-state index is -1.26. The van der Waals surface area contributed by atoms with Crippen LogP contribution in [0.2, 0.25) is 5.02 Å². The third-order valence-corrected chi connectivity index (χ3v) is 2.59. The second-order valence-corrected chi connectivity index (χ2v) is 5.76. The van der Waals surface area contributed by atoms with Crippen molar-refractivity contribution in [2.24, 2.45) is 0 Å². The summed E-state index contributed by atoms with van der Waals surface area (Å²) in [5.41, 5.74) is -0.0414. The highest BCUT2D eigenvalue weighted by Crippen LogP contribution is 2.20. The van der Waals surface area contributed by atoms with Gasteiger partial charge in [-0.05, 0) is 38.5 Å². The molecule has 1 atom stereocenters. The van der Waals surface area contributed by atoms with Crippen molar-refractivity contribution in [1.82, 2.24) is 5.32 Å². The standard InChI is InChI=1S/C14H18ClNO4/c1-14(2,3)20-13(19)16-11(8-12(17)18)9-4-6-10(15)7-5-9/h4-7,11H,8H2,1-3H3,(H,16,19)(H,17,18)/p-1/t11-/m0/s1. The lowest BCUT2D eigenvalue weighted by atomic mass is 10.0. The van der Waals surface area contributed by atoms with Crippen molar-refractivity contribution in [3.63, 3.8) is 0 Å². The highest BCUT2D eigenvalue weighted by molar-refractivity contribution is 6.30. The Balaban J connectivity index is 2.82. The number of aliphatic carboxylic acids is 1. The fourth-order valence-corrected chi connectivity index (χ4v) is 1.69. The molecule has 0 spiro atoms. The lowest BCUT2D eigenvalue weighted by molar-refractivity contribution is -0.306. The Labute approximate surface area is 122 Å². The fourth-order valence-electron chi connectivity index (χ4n) is 1.56. The Morgan fingerprint density at radius 1 is 1.30 bits per heavy atom. The van der Waals surface area contributed by atoms with Crippen LogP contribution in [0.25, 0.3) is 0 Å². The molecule has 0 radical (unpaired) electrons. The van der Waals surface area contributed by atoms with Crippen molar-refractivity contribution >= 4 is 23.7 Å². The zero-order chi connectivity index (χ0) is 15.3. The average molecular weight is 299 g/mol. The highest BCUT2D eigenvalue weighted by atomic mass is 35.5. The molecule has 0 aliphatic carbocycles. The van der Waals surface area contributed by atoms with Crippen LogP contribution in [0.4, 0.5) is 4.79 Å². The van der Waals surface area contributed by atoms with Crippen molar-refractivity contribution in [3.05, 3.63) is 34.9 Å². The maximum atomic E-state index is 11.7. The van der Waals surface area contributed by atoms with E-state index in [1.54, 1.807) is 45.0 Å². The van der Waals surface area contributed by atoms with Crippen LogP contribution in [-0.4, -0.2) is 17.7 Å². The first-order valence-corrected chi connectivity index (χ1v) is 6.50. The summed E-state index contributed by atoms with van der Waals surface area (Å²) in [7, 11) is 0. The normalized spacial score (nSPS) is 12.6. The number of hydrogen-bond donors (Lipinski definition) is 1. The molecule has 0 aliphatic rings. The molecule has 1 aromatic carbocycles. The van der Waals surface area contributed by atoms with E-state index in [2.05, 4.69) is 5.32 Å². The molecule has 6 heteroatoms. The van der Waals surface area contributed by atoms with Crippen molar-refractivity contribution < 1.29 is 19.4 Å². The van der Waals surface area contributed by atoms with E-state index in [4.69, 9.17) is 16.3 Å². The van der Waals surface area contributed by atoms with Crippen LogP contribution >= 0.6 is 11.6 Å². The van der Waals surface area contributed by atoms with Crippen molar-refractivity contribution in [1.29, 1.82) is 0 Å². The van der Waals surface area contributed by atoms with Gasteiger partial charge >= 0.3 is 6.09 Å². The first-order valence-electron chi connectivity index (χ1n) is 6.12. The van der Waals surface area contributed by atoms with E-state index in [0.717, 1.165) is 0 Å². The molecule has 110 valence electrons. The molecule has 1 aromatic rings. The molecular formula is C14H17ClNO4-. The number of carbonyl (C=O) groups excluding carboxylic acids is 2. The van der Waals surface area contributed by atoms with Crippen LogP contribution in [0.1, 0.15) is 38.8 Å². The van der Waals surface area contributed by atoms with E-state index in [1.165, 1.54) is 0 Å². The Kier molecular flexibility index (Phi) is 5.39. The summed E-state index contributed by atoms with van der Waals surface area (Å²) in [6.07, 6.45) is -1.03. The van der Waals surface area contributed by atoms with Gasteiger partial charge in [-0.1, -0.05) is 23.7 Å². The highest BCUT2D eigenvalue weighted by Gasteiger charge is 2.20. The molecule has 0 fully saturated rings. The Bertz CT molecular complexity index is 479. The molecule has 1 rings (SSSR count). The van der Waals surface area contributed by atoms with Crippen LogP contribution in [0.5, 0.6) is 0 Å². The number of carbonyl (C=O) groups is 2. The number of nitrogens with one attached hydrogen (secondary N) is 1. The molecule has 0 heterocycles. The van der Waals surface area contributed by atoms with E-state index in [-0.39, 0.29) is 6.42 Å². The van der Waals surface area contributed by atoms with Gasteiger partial charge < -0.3 is 20.0 Å². The summed E-state index contributed by atoms with van der Waals surface area (Å²) < 4.78 is 5.11. The van der Waals surface area contributed by atoms with E-state index in [1.807, 2.05) is 0 Å². The first kappa shape index (κ1) is 16.3. The third-order valence-electron chi connectivity index (χ3n) is 2.33. The minimum Gasteiger partial charge on any atom is -0.550 e. The summed E-state index contributed by atoms with van der Waals surface area (Å²) in [4.78, 5) is 22.5. The molecule has 0 unspecified atom stereocenters. The number of benzene rings is 1. The number of carboxylic acids is 1. The van der Waals surface area contributed by atoms with Gasteiger partial charge in [0.2, 0.25) is 0 Å². The number of rotatable bonds is 4. The Morgan fingerprint density at radius 3 is 2.30 bits per heavy atom. The van der Waals surface area contributed by atoms with Crippen LogP contribution in [0.3, 0.4) is 0 Å². The van der Waals surface area contributed by atoms with E-state index >= 15 is 0 Å². The van der Waals surface area contributed by atoms with Crippen molar-refractivity contribution in [2.75, 3.05) is 0 Å². The van der Waals surface area contributed by atoms with Gasteiger partial charge in [0.25, 0.3) is 0 Å². The van der Waals surface area contributed by atoms with Crippen LogP contribution < -0.4 is 10.4 Å². The summed E-state index contributed by atoms with van der Waals surface area (Å²) in [6.45, 7) is 5.17. The van der Waals surface area contributed by atoms with Crippen LogP contribution in [0, 0.1) is 0 Å². The zero-order valence-corrected chi connectivity index (χ0v) is 12.4. The molecule has 5 nitrogen and oxygen atoms in total. The average Bonchev–Trinajstić information content (AvgIpc) is 2.25. The summed E-state index contributed by atoms with van der Waals surface area (Å²) >= 11 is 5.77. The van der Waals surface area contributed by atoms with E-state index < -0.39 is 23.7 Å². The molecule has 0 aliphatic heterocycles. The van der Waals surface area contributed by atoms with Gasteiger partial charge in [0.05, 0.1) is 6.04 Å². The monoisotopic (exact) mass is 298 g/mol. The predicted molar refractivity (Wildman–Crippen MR) is 73.2 cm³/mol. The largest absolute Gasteiger partial charge is 0.550 e. The van der Waals surface area contributed by atoms with E-state index in [0.29, 0.717) is 10.6 Å². The van der Waals surface area contributed by atoms with Gasteiger partial charge in [-0.15, -0.1) is 0 Å².